The van der Waals surface area contributed by atoms with Crippen LogP contribution in [0.15, 0.2) is 47.6 Å². The van der Waals surface area contributed by atoms with Gasteiger partial charge in [0.2, 0.25) is 5.75 Å². The van der Waals surface area contributed by atoms with E-state index in [2.05, 4.69) is 10.5 Å². The van der Waals surface area contributed by atoms with Gasteiger partial charge in [0.1, 0.15) is 0 Å². The van der Waals surface area contributed by atoms with Crippen LogP contribution in [0.4, 0.5) is 5.69 Å². The number of hydrazone groups is 1. The van der Waals surface area contributed by atoms with Crippen molar-refractivity contribution < 1.29 is 14.4 Å². The Kier molecular flexibility index (Phi) is 7.42. The van der Waals surface area contributed by atoms with Crippen molar-refractivity contribution in [1.29, 1.82) is 0 Å². The Morgan fingerprint density at radius 3 is 2.69 bits per heavy atom. The van der Waals surface area contributed by atoms with Gasteiger partial charge in [-0.3, -0.25) is 10.1 Å². The molecule has 0 bridgehead atoms. The maximum absolute atomic E-state index is 11.4. The van der Waals surface area contributed by atoms with Crippen LogP contribution < -0.4 is 14.9 Å². The quantitative estimate of drug-likeness (QED) is 0.302. The van der Waals surface area contributed by atoms with Crippen molar-refractivity contribution >= 4 is 11.9 Å². The van der Waals surface area contributed by atoms with E-state index in [1.807, 2.05) is 37.3 Å². The molecule has 0 spiro atoms. The number of hydrogen-bond donors (Lipinski definition) is 1. The first-order valence-corrected chi connectivity index (χ1v) is 8.44. The van der Waals surface area contributed by atoms with Crippen LogP contribution in [0.25, 0.3) is 0 Å². The predicted octanol–water partition coefficient (Wildman–Crippen LogP) is 3.91. The Balaban J connectivity index is 2.14. The number of nitro groups is 1. The molecule has 0 aliphatic rings. The molecule has 0 radical (unpaired) electrons. The van der Waals surface area contributed by atoms with Gasteiger partial charge in [-0.25, -0.2) is 0 Å². The van der Waals surface area contributed by atoms with Crippen molar-refractivity contribution in [2.24, 2.45) is 5.10 Å². The Morgan fingerprint density at radius 2 is 2.04 bits per heavy atom. The molecule has 0 amide bonds. The fourth-order valence-corrected chi connectivity index (χ4v) is 2.29. The monoisotopic (exact) mass is 357 g/mol. The van der Waals surface area contributed by atoms with Crippen LogP contribution in [0.3, 0.4) is 0 Å². The molecular formula is C19H23N3O4. The van der Waals surface area contributed by atoms with Gasteiger partial charge in [-0.05, 0) is 18.1 Å². The summed E-state index contributed by atoms with van der Waals surface area (Å²) in [5.41, 5.74) is 4.43. The summed E-state index contributed by atoms with van der Waals surface area (Å²) in [6.07, 6.45) is 3.27. The number of unbranched alkanes of at least 4 members (excludes halogenated alkanes) is 1. The Hall–Kier alpha value is -3.09. The van der Waals surface area contributed by atoms with Gasteiger partial charge in [-0.1, -0.05) is 43.7 Å². The SMILES string of the molecule is CCCCOc1c(OC)cc(C=NNCc2ccccc2)cc1[N+](=O)[O-]. The van der Waals surface area contributed by atoms with Crippen LogP contribution in [-0.2, 0) is 6.54 Å². The molecule has 0 unspecified atom stereocenters. The molecule has 2 aromatic rings. The summed E-state index contributed by atoms with van der Waals surface area (Å²) >= 11 is 0. The van der Waals surface area contributed by atoms with Crippen molar-refractivity contribution in [3.05, 3.63) is 63.7 Å². The zero-order valence-electron chi connectivity index (χ0n) is 15.0. The Labute approximate surface area is 152 Å². The summed E-state index contributed by atoms with van der Waals surface area (Å²) in [6, 6.07) is 12.9. The van der Waals surface area contributed by atoms with E-state index < -0.39 is 4.92 Å². The molecule has 1 N–H and O–H groups in total. The fraction of sp³-hybridized carbons (Fsp3) is 0.316. The second-order valence-corrected chi connectivity index (χ2v) is 5.61. The summed E-state index contributed by atoms with van der Waals surface area (Å²) < 4.78 is 10.8. The van der Waals surface area contributed by atoms with E-state index in [9.17, 15) is 10.1 Å². The van der Waals surface area contributed by atoms with Crippen LogP contribution in [0.1, 0.15) is 30.9 Å². The summed E-state index contributed by atoms with van der Waals surface area (Å²) in [4.78, 5) is 10.9. The van der Waals surface area contributed by atoms with E-state index in [1.165, 1.54) is 19.4 Å². The summed E-state index contributed by atoms with van der Waals surface area (Å²) in [6.45, 7) is 2.99. The van der Waals surface area contributed by atoms with Crippen LogP contribution in [0.2, 0.25) is 0 Å². The summed E-state index contributed by atoms with van der Waals surface area (Å²) in [7, 11) is 1.46. The lowest BCUT2D eigenvalue weighted by Crippen LogP contribution is -2.06. The highest BCUT2D eigenvalue weighted by Crippen LogP contribution is 2.38. The maximum Gasteiger partial charge on any atom is 0.315 e. The van der Waals surface area contributed by atoms with E-state index >= 15 is 0 Å². The number of methoxy groups -OCH3 is 1. The van der Waals surface area contributed by atoms with Crippen molar-refractivity contribution in [1.82, 2.24) is 5.43 Å². The highest BCUT2D eigenvalue weighted by atomic mass is 16.6. The number of nitrogens with one attached hydrogen (secondary N) is 1. The number of nitrogens with zero attached hydrogens (tertiary/aromatic N) is 2. The molecule has 0 aliphatic carbocycles. The van der Waals surface area contributed by atoms with E-state index in [1.54, 1.807) is 6.07 Å². The third kappa shape index (κ3) is 5.47. The molecule has 0 saturated carbocycles. The largest absolute Gasteiger partial charge is 0.493 e. The van der Waals surface area contributed by atoms with Gasteiger partial charge >= 0.3 is 5.69 Å². The smallest absolute Gasteiger partial charge is 0.315 e. The van der Waals surface area contributed by atoms with Gasteiger partial charge in [-0.15, -0.1) is 0 Å². The normalized spacial score (nSPS) is 10.7. The first-order chi connectivity index (χ1) is 12.7. The van der Waals surface area contributed by atoms with E-state index in [0.29, 0.717) is 24.5 Å². The van der Waals surface area contributed by atoms with E-state index in [4.69, 9.17) is 9.47 Å². The minimum absolute atomic E-state index is 0.134. The molecule has 7 heteroatoms. The minimum atomic E-state index is -0.474. The van der Waals surface area contributed by atoms with Crippen LogP contribution in [0.5, 0.6) is 11.5 Å². The predicted molar refractivity (Wildman–Crippen MR) is 101 cm³/mol. The number of hydrogen-bond acceptors (Lipinski definition) is 6. The molecule has 2 rings (SSSR count). The third-order valence-electron chi connectivity index (χ3n) is 3.65. The molecular weight excluding hydrogens is 334 g/mol. The molecule has 0 heterocycles. The lowest BCUT2D eigenvalue weighted by Gasteiger charge is -2.11. The topological polar surface area (TPSA) is 86.0 Å². The number of ether oxygens (including phenoxy) is 2. The molecule has 26 heavy (non-hydrogen) atoms. The second kappa shape index (κ2) is 10.0. The van der Waals surface area contributed by atoms with Crippen LogP contribution >= 0.6 is 0 Å². The highest BCUT2D eigenvalue weighted by molar-refractivity contribution is 5.83. The van der Waals surface area contributed by atoms with Crippen molar-refractivity contribution in [3.8, 4) is 11.5 Å². The first-order valence-electron chi connectivity index (χ1n) is 8.44. The molecule has 0 saturated heterocycles. The van der Waals surface area contributed by atoms with Crippen LogP contribution in [-0.4, -0.2) is 24.9 Å². The zero-order chi connectivity index (χ0) is 18.8. The summed E-state index contributed by atoms with van der Waals surface area (Å²) in [5, 5.41) is 15.5. The standard InChI is InChI=1S/C19H23N3O4/c1-3-4-10-26-19-17(22(23)24)11-16(12-18(19)25-2)14-21-20-13-15-8-6-5-7-9-15/h5-9,11-12,14,20H,3-4,10,13H2,1-2H3. The van der Waals surface area contributed by atoms with Gasteiger partial charge in [0.15, 0.2) is 5.75 Å². The molecule has 2 aromatic carbocycles. The summed E-state index contributed by atoms with van der Waals surface area (Å²) in [5.74, 6) is 0.472. The average molecular weight is 357 g/mol. The van der Waals surface area contributed by atoms with Crippen LogP contribution in [0, 0.1) is 10.1 Å². The molecule has 138 valence electrons. The fourth-order valence-electron chi connectivity index (χ4n) is 2.29. The third-order valence-corrected chi connectivity index (χ3v) is 3.65. The van der Waals surface area contributed by atoms with Gasteiger partial charge < -0.3 is 14.9 Å². The highest BCUT2D eigenvalue weighted by Gasteiger charge is 2.21. The number of rotatable bonds is 10. The Bertz CT molecular complexity index is 748. The molecule has 0 fully saturated rings. The minimum Gasteiger partial charge on any atom is -0.493 e. The van der Waals surface area contributed by atoms with Gasteiger partial charge in [0.05, 0.1) is 31.4 Å². The van der Waals surface area contributed by atoms with E-state index in [-0.39, 0.29) is 11.4 Å². The Morgan fingerprint density at radius 1 is 1.27 bits per heavy atom. The molecule has 0 aromatic heterocycles. The first kappa shape index (κ1) is 19.2. The molecule has 0 aliphatic heterocycles. The maximum atomic E-state index is 11.4. The van der Waals surface area contributed by atoms with E-state index in [0.717, 1.165) is 18.4 Å². The second-order valence-electron chi connectivity index (χ2n) is 5.61. The molecule has 0 atom stereocenters. The van der Waals surface area contributed by atoms with Gasteiger partial charge in [-0.2, -0.15) is 5.10 Å². The van der Waals surface area contributed by atoms with Gasteiger partial charge in [0.25, 0.3) is 0 Å². The number of nitro benzene ring substituents is 1. The van der Waals surface area contributed by atoms with Crippen molar-refractivity contribution in [3.63, 3.8) is 0 Å². The number of benzene rings is 2. The van der Waals surface area contributed by atoms with Crippen molar-refractivity contribution in [2.45, 2.75) is 26.3 Å². The van der Waals surface area contributed by atoms with Gasteiger partial charge in [0, 0.05) is 11.6 Å². The average Bonchev–Trinajstić information content (AvgIpc) is 2.66. The lowest BCUT2D eigenvalue weighted by atomic mass is 10.2. The van der Waals surface area contributed by atoms with Crippen molar-refractivity contribution in [2.75, 3.05) is 13.7 Å². The zero-order valence-corrected chi connectivity index (χ0v) is 15.0. The molecule has 7 nitrogen and oxygen atoms in total. The lowest BCUT2D eigenvalue weighted by molar-refractivity contribution is -0.386.